The maximum absolute atomic E-state index is 12.5. The number of rotatable bonds is 4. The quantitative estimate of drug-likeness (QED) is 0.790. The van der Waals surface area contributed by atoms with Crippen molar-refractivity contribution in [3.63, 3.8) is 0 Å². The Kier molecular flexibility index (Phi) is 4.20. The van der Waals surface area contributed by atoms with Crippen LogP contribution in [0.1, 0.15) is 30.1 Å². The van der Waals surface area contributed by atoms with E-state index >= 15 is 0 Å². The van der Waals surface area contributed by atoms with Gasteiger partial charge in [0.2, 0.25) is 0 Å². The normalized spacial score (nSPS) is 19.1. The molecular weight excluding hydrogens is 322 g/mol. The maximum Gasteiger partial charge on any atom is 0.271 e. The molecule has 0 aliphatic carbocycles. The second-order valence-electron chi connectivity index (χ2n) is 6.49. The Morgan fingerprint density at radius 2 is 2.33 bits per heavy atom. The molecule has 0 spiro atoms. The van der Waals surface area contributed by atoms with E-state index in [0.29, 0.717) is 12.5 Å². The first kappa shape index (κ1) is 15.5. The summed E-state index contributed by atoms with van der Waals surface area (Å²) in [6.07, 6.45) is 4.03. The van der Waals surface area contributed by atoms with Crippen LogP contribution in [0.15, 0.2) is 28.6 Å². The van der Waals surface area contributed by atoms with Gasteiger partial charge in [-0.3, -0.25) is 14.5 Å². The number of thiophene rings is 1. The molecular formula is C17H21N5OS. The van der Waals surface area contributed by atoms with Gasteiger partial charge in [-0.15, -0.1) is 11.3 Å². The molecule has 1 saturated heterocycles. The van der Waals surface area contributed by atoms with Gasteiger partial charge < -0.3 is 4.90 Å². The number of hydrogen-bond acceptors (Lipinski definition) is 5. The van der Waals surface area contributed by atoms with E-state index in [0.717, 1.165) is 41.2 Å². The van der Waals surface area contributed by atoms with Crippen molar-refractivity contribution in [2.45, 2.75) is 32.2 Å². The summed E-state index contributed by atoms with van der Waals surface area (Å²) >= 11 is 1.47. The lowest BCUT2D eigenvalue weighted by molar-refractivity contribution is 0.198. The van der Waals surface area contributed by atoms with E-state index in [2.05, 4.69) is 26.1 Å². The average molecular weight is 343 g/mol. The molecule has 0 unspecified atom stereocenters. The van der Waals surface area contributed by atoms with Crippen LogP contribution in [0, 0.1) is 6.92 Å². The zero-order valence-electron chi connectivity index (χ0n) is 13.7. The summed E-state index contributed by atoms with van der Waals surface area (Å²) in [4.78, 5) is 19.3. The first-order chi connectivity index (χ1) is 11.7. The van der Waals surface area contributed by atoms with Crippen LogP contribution >= 0.6 is 11.3 Å². The van der Waals surface area contributed by atoms with Crippen LogP contribution in [0.5, 0.6) is 0 Å². The highest BCUT2D eigenvalue weighted by atomic mass is 32.1. The Morgan fingerprint density at radius 3 is 3.17 bits per heavy atom. The lowest BCUT2D eigenvalue weighted by Gasteiger charge is -2.31. The zero-order valence-corrected chi connectivity index (χ0v) is 14.6. The molecule has 0 bridgehead atoms. The molecule has 6 nitrogen and oxygen atoms in total. The van der Waals surface area contributed by atoms with E-state index in [4.69, 9.17) is 0 Å². The fourth-order valence-corrected chi connectivity index (χ4v) is 4.23. The molecule has 3 aromatic heterocycles. The SMILES string of the molecule is Cc1cc([C@H]2CCCN(CCn3cnc4ccsc4c3=O)C2)n[nH]1. The van der Waals surface area contributed by atoms with Crippen molar-refractivity contribution in [3.8, 4) is 0 Å². The van der Waals surface area contributed by atoms with Crippen LogP contribution in [0.4, 0.5) is 0 Å². The van der Waals surface area contributed by atoms with E-state index in [1.165, 1.54) is 24.2 Å². The first-order valence-electron chi connectivity index (χ1n) is 8.37. The summed E-state index contributed by atoms with van der Waals surface area (Å²) in [7, 11) is 0. The van der Waals surface area contributed by atoms with Crippen molar-refractivity contribution in [2.75, 3.05) is 19.6 Å². The van der Waals surface area contributed by atoms with Gasteiger partial charge in [-0.05, 0) is 43.8 Å². The molecule has 0 aromatic carbocycles. The zero-order chi connectivity index (χ0) is 16.5. The summed E-state index contributed by atoms with van der Waals surface area (Å²) in [6, 6.07) is 4.04. The molecule has 3 aromatic rings. The molecule has 7 heteroatoms. The van der Waals surface area contributed by atoms with Crippen molar-refractivity contribution in [1.29, 1.82) is 0 Å². The Labute approximate surface area is 144 Å². The maximum atomic E-state index is 12.5. The Bertz CT molecular complexity index is 896. The topological polar surface area (TPSA) is 66.8 Å². The predicted molar refractivity (Wildman–Crippen MR) is 95.6 cm³/mol. The predicted octanol–water partition coefficient (Wildman–Crippen LogP) is 2.37. The van der Waals surface area contributed by atoms with Gasteiger partial charge in [-0.1, -0.05) is 0 Å². The molecule has 0 radical (unpaired) electrons. The molecule has 4 rings (SSSR count). The second-order valence-corrected chi connectivity index (χ2v) is 7.41. The van der Waals surface area contributed by atoms with Crippen LogP contribution in [0.25, 0.3) is 10.2 Å². The Hall–Kier alpha value is -1.99. The van der Waals surface area contributed by atoms with Gasteiger partial charge in [0.1, 0.15) is 4.70 Å². The summed E-state index contributed by atoms with van der Waals surface area (Å²) in [5, 5.41) is 9.38. The van der Waals surface area contributed by atoms with E-state index < -0.39 is 0 Å². The highest BCUT2D eigenvalue weighted by molar-refractivity contribution is 7.17. The molecule has 126 valence electrons. The van der Waals surface area contributed by atoms with E-state index in [9.17, 15) is 4.79 Å². The third-order valence-electron chi connectivity index (χ3n) is 4.74. The molecule has 1 aliphatic rings. The van der Waals surface area contributed by atoms with Crippen molar-refractivity contribution in [1.82, 2.24) is 24.6 Å². The van der Waals surface area contributed by atoms with Crippen LogP contribution < -0.4 is 5.56 Å². The number of nitrogens with zero attached hydrogens (tertiary/aromatic N) is 4. The fraction of sp³-hybridized carbons (Fsp3) is 0.471. The summed E-state index contributed by atoms with van der Waals surface area (Å²) in [6.45, 7) is 5.69. The minimum Gasteiger partial charge on any atom is -0.301 e. The van der Waals surface area contributed by atoms with Crippen LogP contribution in [0.3, 0.4) is 0 Å². The highest BCUT2D eigenvalue weighted by Gasteiger charge is 2.23. The minimum atomic E-state index is 0.0754. The second kappa shape index (κ2) is 6.49. The van der Waals surface area contributed by atoms with Crippen LogP contribution in [-0.2, 0) is 6.54 Å². The van der Waals surface area contributed by atoms with E-state index in [-0.39, 0.29) is 5.56 Å². The standard InChI is InChI=1S/C17H21N5OS/c1-12-9-15(20-19-12)13-3-2-5-21(10-13)6-7-22-11-18-14-4-8-24-16(14)17(22)23/h4,8-9,11,13H,2-3,5-7,10H2,1H3,(H,19,20)/t13-/m0/s1. The Balaban J connectivity index is 1.43. The van der Waals surface area contributed by atoms with E-state index in [1.807, 2.05) is 18.4 Å². The van der Waals surface area contributed by atoms with Crippen molar-refractivity contribution in [2.24, 2.45) is 0 Å². The van der Waals surface area contributed by atoms with Crippen molar-refractivity contribution >= 4 is 21.6 Å². The van der Waals surface area contributed by atoms with Crippen LogP contribution in [-0.4, -0.2) is 44.3 Å². The van der Waals surface area contributed by atoms with Gasteiger partial charge in [-0.2, -0.15) is 5.10 Å². The largest absolute Gasteiger partial charge is 0.301 e. The number of hydrogen-bond donors (Lipinski definition) is 1. The van der Waals surface area contributed by atoms with Crippen LogP contribution in [0.2, 0.25) is 0 Å². The number of aryl methyl sites for hydroxylation is 1. The average Bonchev–Trinajstić information content (AvgIpc) is 3.24. The summed E-state index contributed by atoms with van der Waals surface area (Å²) in [5.41, 5.74) is 3.15. The minimum absolute atomic E-state index is 0.0754. The number of piperidine rings is 1. The lowest BCUT2D eigenvalue weighted by Crippen LogP contribution is -2.38. The number of H-pyrrole nitrogens is 1. The lowest BCUT2D eigenvalue weighted by atomic mass is 9.95. The third kappa shape index (κ3) is 3.01. The monoisotopic (exact) mass is 343 g/mol. The molecule has 1 atom stereocenters. The smallest absolute Gasteiger partial charge is 0.271 e. The van der Waals surface area contributed by atoms with Gasteiger partial charge in [0.05, 0.1) is 17.5 Å². The number of aromatic nitrogens is 4. The molecule has 1 N–H and O–H groups in total. The van der Waals surface area contributed by atoms with Gasteiger partial charge >= 0.3 is 0 Å². The summed E-state index contributed by atoms with van der Waals surface area (Å²) in [5.74, 6) is 0.485. The summed E-state index contributed by atoms with van der Waals surface area (Å²) < 4.78 is 2.49. The molecule has 24 heavy (non-hydrogen) atoms. The van der Waals surface area contributed by atoms with Crippen molar-refractivity contribution < 1.29 is 0 Å². The fourth-order valence-electron chi connectivity index (χ4n) is 3.44. The molecule has 4 heterocycles. The van der Waals surface area contributed by atoms with Gasteiger partial charge in [0, 0.05) is 31.2 Å². The van der Waals surface area contributed by atoms with Gasteiger partial charge in [-0.25, -0.2) is 4.98 Å². The van der Waals surface area contributed by atoms with Gasteiger partial charge in [0.25, 0.3) is 5.56 Å². The molecule has 1 aliphatic heterocycles. The number of nitrogens with one attached hydrogen (secondary N) is 1. The molecule has 0 amide bonds. The number of aromatic amines is 1. The number of fused-ring (bicyclic) bond motifs is 1. The third-order valence-corrected chi connectivity index (χ3v) is 5.63. The molecule has 1 fully saturated rings. The first-order valence-corrected chi connectivity index (χ1v) is 9.25. The van der Waals surface area contributed by atoms with Crippen molar-refractivity contribution in [3.05, 3.63) is 45.6 Å². The molecule has 0 saturated carbocycles. The number of likely N-dealkylation sites (tertiary alicyclic amines) is 1. The highest BCUT2D eigenvalue weighted by Crippen LogP contribution is 2.25. The Morgan fingerprint density at radius 1 is 1.42 bits per heavy atom. The van der Waals surface area contributed by atoms with E-state index in [1.54, 1.807) is 10.9 Å². The van der Waals surface area contributed by atoms with Gasteiger partial charge in [0.15, 0.2) is 0 Å².